The number of carbonyl (C=O) groups is 1. The highest BCUT2D eigenvalue weighted by Crippen LogP contribution is 2.30. The molecule has 7 heteroatoms. The molecule has 0 aromatic carbocycles. The first-order valence-corrected chi connectivity index (χ1v) is 8.67. The Bertz CT molecular complexity index is 854. The Hall–Kier alpha value is -2.15. The Kier molecular flexibility index (Phi) is 4.69. The fourth-order valence-electron chi connectivity index (χ4n) is 3.81. The highest BCUT2D eigenvalue weighted by molar-refractivity contribution is 5.77. The molecule has 1 amide bonds. The highest BCUT2D eigenvalue weighted by Gasteiger charge is 2.35. The van der Waals surface area contributed by atoms with Crippen LogP contribution in [0.2, 0.25) is 0 Å². The predicted octanol–water partition coefficient (Wildman–Crippen LogP) is 1.46. The predicted molar refractivity (Wildman–Crippen MR) is 94.8 cm³/mol. The smallest absolute Gasteiger partial charge is 0.266 e. The van der Waals surface area contributed by atoms with Crippen molar-refractivity contribution in [3.63, 3.8) is 0 Å². The molecule has 0 radical (unpaired) electrons. The van der Waals surface area contributed by atoms with Crippen LogP contribution in [0.5, 0.6) is 0 Å². The number of likely N-dealkylation sites (tertiary alicyclic amines) is 1. The fourth-order valence-corrected chi connectivity index (χ4v) is 3.81. The van der Waals surface area contributed by atoms with Crippen molar-refractivity contribution in [3.8, 4) is 0 Å². The van der Waals surface area contributed by atoms with Crippen molar-refractivity contribution in [1.82, 2.24) is 19.5 Å². The van der Waals surface area contributed by atoms with Crippen molar-refractivity contribution in [2.75, 3.05) is 26.8 Å². The van der Waals surface area contributed by atoms with Gasteiger partial charge in [-0.2, -0.15) is 0 Å². The molecule has 0 spiro atoms. The van der Waals surface area contributed by atoms with Gasteiger partial charge in [-0.3, -0.25) is 14.7 Å². The van der Waals surface area contributed by atoms with Crippen LogP contribution >= 0.6 is 0 Å². The molecule has 1 fully saturated rings. The first kappa shape index (κ1) is 17.7. The van der Waals surface area contributed by atoms with E-state index in [4.69, 9.17) is 4.74 Å². The lowest BCUT2D eigenvalue weighted by Gasteiger charge is -2.23. The average molecular weight is 346 g/mol. The lowest BCUT2D eigenvalue weighted by Crippen LogP contribution is -2.33. The molecule has 1 aliphatic heterocycles. The topological polar surface area (TPSA) is 79.7 Å². The number of amides is 1. The number of aromatic amines is 1. The van der Waals surface area contributed by atoms with Crippen molar-refractivity contribution in [2.24, 2.45) is 5.41 Å². The maximum atomic E-state index is 12.6. The molecule has 2 aromatic heterocycles. The lowest BCUT2D eigenvalue weighted by atomic mass is 9.91. The third-order valence-corrected chi connectivity index (χ3v) is 5.19. The number of aryl methyl sites for hydroxylation is 2. The summed E-state index contributed by atoms with van der Waals surface area (Å²) in [5.74, 6) is 0.166. The van der Waals surface area contributed by atoms with E-state index in [0.717, 1.165) is 36.5 Å². The molecule has 3 heterocycles. The Morgan fingerprint density at radius 3 is 2.92 bits per heavy atom. The van der Waals surface area contributed by atoms with Crippen molar-refractivity contribution in [2.45, 2.75) is 40.0 Å². The second kappa shape index (κ2) is 6.63. The zero-order chi connectivity index (χ0) is 18.2. The molecule has 1 saturated heterocycles. The largest absolute Gasteiger partial charge is 0.384 e. The van der Waals surface area contributed by atoms with Gasteiger partial charge in [-0.1, -0.05) is 6.92 Å². The minimum absolute atomic E-state index is 0.0569. The number of H-pyrrole nitrogens is 1. The van der Waals surface area contributed by atoms with Gasteiger partial charge >= 0.3 is 0 Å². The SMILES string of the molecule is COCC1(C)CCN(C(=O)CCc2c(C)nc3cc(=O)[nH]n3c2C)C1. The van der Waals surface area contributed by atoms with E-state index in [0.29, 0.717) is 25.1 Å². The zero-order valence-corrected chi connectivity index (χ0v) is 15.4. The van der Waals surface area contributed by atoms with Gasteiger partial charge in [0.1, 0.15) is 0 Å². The number of methoxy groups -OCH3 is 1. The number of nitrogens with zero attached hydrogens (tertiary/aromatic N) is 3. The molecule has 1 N–H and O–H groups in total. The van der Waals surface area contributed by atoms with E-state index in [-0.39, 0.29) is 16.9 Å². The Morgan fingerprint density at radius 2 is 2.20 bits per heavy atom. The van der Waals surface area contributed by atoms with Crippen LogP contribution in [0.15, 0.2) is 10.9 Å². The molecule has 2 aromatic rings. The summed E-state index contributed by atoms with van der Waals surface area (Å²) in [6.07, 6.45) is 2.04. The number of aromatic nitrogens is 3. The zero-order valence-electron chi connectivity index (χ0n) is 15.4. The molecule has 7 nitrogen and oxygen atoms in total. The van der Waals surface area contributed by atoms with Crippen LogP contribution in [0.1, 0.15) is 36.7 Å². The molecule has 0 saturated carbocycles. The maximum Gasteiger partial charge on any atom is 0.266 e. The quantitative estimate of drug-likeness (QED) is 0.889. The van der Waals surface area contributed by atoms with Crippen LogP contribution in [0.4, 0.5) is 0 Å². The number of nitrogens with one attached hydrogen (secondary N) is 1. The van der Waals surface area contributed by atoms with Crippen LogP contribution in [0.25, 0.3) is 5.65 Å². The molecule has 3 rings (SSSR count). The van der Waals surface area contributed by atoms with Gasteiger partial charge in [0.15, 0.2) is 5.65 Å². The summed E-state index contributed by atoms with van der Waals surface area (Å²) in [4.78, 5) is 30.5. The van der Waals surface area contributed by atoms with Crippen LogP contribution in [0, 0.1) is 19.3 Å². The van der Waals surface area contributed by atoms with Crippen molar-refractivity contribution in [3.05, 3.63) is 33.4 Å². The summed E-state index contributed by atoms with van der Waals surface area (Å²) < 4.78 is 6.98. The van der Waals surface area contributed by atoms with Crippen LogP contribution in [-0.2, 0) is 16.0 Å². The van der Waals surface area contributed by atoms with Crippen LogP contribution in [0.3, 0.4) is 0 Å². The van der Waals surface area contributed by atoms with Gasteiger partial charge in [0.05, 0.1) is 6.61 Å². The summed E-state index contributed by atoms with van der Waals surface area (Å²) in [7, 11) is 1.70. The fraction of sp³-hybridized carbons (Fsp3) is 0.611. The van der Waals surface area contributed by atoms with Gasteiger partial charge in [0.25, 0.3) is 5.56 Å². The molecule has 1 atom stereocenters. The van der Waals surface area contributed by atoms with E-state index in [1.807, 2.05) is 18.7 Å². The first-order chi connectivity index (χ1) is 11.8. The van der Waals surface area contributed by atoms with E-state index < -0.39 is 0 Å². The monoisotopic (exact) mass is 346 g/mol. The number of fused-ring (bicyclic) bond motifs is 1. The van der Waals surface area contributed by atoms with E-state index in [1.165, 1.54) is 6.07 Å². The van der Waals surface area contributed by atoms with Gasteiger partial charge in [-0.15, -0.1) is 0 Å². The van der Waals surface area contributed by atoms with E-state index >= 15 is 0 Å². The number of carbonyl (C=O) groups excluding carboxylic acids is 1. The summed E-state index contributed by atoms with van der Waals surface area (Å²) >= 11 is 0. The summed E-state index contributed by atoms with van der Waals surface area (Å²) in [5.41, 5.74) is 3.33. The van der Waals surface area contributed by atoms with Crippen molar-refractivity contribution in [1.29, 1.82) is 0 Å². The molecule has 1 aliphatic rings. The molecule has 0 aliphatic carbocycles. The lowest BCUT2D eigenvalue weighted by molar-refractivity contribution is -0.130. The highest BCUT2D eigenvalue weighted by atomic mass is 16.5. The normalized spacial score (nSPS) is 20.6. The number of hydrogen-bond donors (Lipinski definition) is 1. The number of rotatable bonds is 5. The number of hydrogen-bond acceptors (Lipinski definition) is 4. The Labute approximate surface area is 147 Å². The number of ether oxygens (including phenoxy) is 1. The first-order valence-electron chi connectivity index (χ1n) is 8.67. The third kappa shape index (κ3) is 3.46. The minimum atomic E-state index is -0.169. The maximum absolute atomic E-state index is 12.6. The summed E-state index contributed by atoms with van der Waals surface area (Å²) in [6.45, 7) is 8.26. The van der Waals surface area contributed by atoms with Crippen LogP contribution in [-0.4, -0.2) is 52.2 Å². The molecule has 1 unspecified atom stereocenters. The van der Waals surface area contributed by atoms with E-state index in [9.17, 15) is 9.59 Å². The molecule has 0 bridgehead atoms. The van der Waals surface area contributed by atoms with E-state index in [1.54, 1.807) is 11.6 Å². The average Bonchev–Trinajstić information content (AvgIpc) is 3.10. The third-order valence-electron chi connectivity index (χ3n) is 5.19. The second-order valence-electron chi connectivity index (χ2n) is 7.38. The standard InChI is InChI=1S/C18H26N4O3/c1-12-14(13(2)22-15(19-12)9-16(23)20-22)5-6-17(24)21-8-7-18(3,10-21)11-25-4/h9H,5-8,10-11H2,1-4H3,(H,20,23). The van der Waals surface area contributed by atoms with Crippen molar-refractivity contribution < 1.29 is 9.53 Å². The second-order valence-corrected chi connectivity index (χ2v) is 7.38. The molecule has 136 valence electrons. The van der Waals surface area contributed by atoms with Gasteiger partial charge < -0.3 is 9.64 Å². The Morgan fingerprint density at radius 1 is 1.44 bits per heavy atom. The van der Waals surface area contributed by atoms with Gasteiger partial charge in [-0.25, -0.2) is 9.50 Å². The minimum Gasteiger partial charge on any atom is -0.384 e. The summed E-state index contributed by atoms with van der Waals surface area (Å²) in [5, 5.41) is 2.75. The van der Waals surface area contributed by atoms with Gasteiger partial charge in [-0.05, 0) is 32.3 Å². The van der Waals surface area contributed by atoms with Crippen LogP contribution < -0.4 is 5.56 Å². The molecular weight excluding hydrogens is 320 g/mol. The Balaban J connectivity index is 1.71. The molecular formula is C18H26N4O3. The summed E-state index contributed by atoms with van der Waals surface area (Å²) in [6, 6.07) is 1.48. The van der Waals surface area contributed by atoms with Crippen molar-refractivity contribution >= 4 is 11.6 Å². The van der Waals surface area contributed by atoms with Gasteiger partial charge in [0.2, 0.25) is 5.91 Å². The van der Waals surface area contributed by atoms with Gasteiger partial charge in [0, 0.05) is 49.5 Å². The molecule has 25 heavy (non-hydrogen) atoms. The van der Waals surface area contributed by atoms with E-state index in [2.05, 4.69) is 17.0 Å².